The van der Waals surface area contributed by atoms with Crippen molar-refractivity contribution in [3.05, 3.63) is 41.3 Å². The summed E-state index contributed by atoms with van der Waals surface area (Å²) in [6, 6.07) is 6.74. The highest BCUT2D eigenvalue weighted by atomic mass is 32.3. The molecule has 1 saturated carbocycles. The van der Waals surface area contributed by atoms with Crippen LogP contribution in [0.2, 0.25) is 0 Å². The largest absolute Gasteiger partial charge is 0.462 e. The molecule has 0 bridgehead atoms. The van der Waals surface area contributed by atoms with Crippen molar-refractivity contribution in [2.24, 2.45) is 3.77 Å². The maximum atomic E-state index is 12.7. The first kappa shape index (κ1) is 19.8. The summed E-state index contributed by atoms with van der Waals surface area (Å²) in [5, 5.41) is 2.03. The van der Waals surface area contributed by atoms with Crippen LogP contribution in [0, 0.1) is 6.92 Å². The Morgan fingerprint density at radius 1 is 1.24 bits per heavy atom. The van der Waals surface area contributed by atoms with Crippen LogP contribution in [0.3, 0.4) is 0 Å². The van der Waals surface area contributed by atoms with Gasteiger partial charge in [0.05, 0.1) is 4.90 Å². The smallest absolute Gasteiger partial charge is 0.302 e. The lowest BCUT2D eigenvalue weighted by Crippen LogP contribution is -2.18. The molecule has 1 aliphatic rings. The van der Waals surface area contributed by atoms with E-state index in [1.54, 1.807) is 35.7 Å². The lowest BCUT2D eigenvalue weighted by molar-refractivity contribution is -0.139. The van der Waals surface area contributed by atoms with Crippen molar-refractivity contribution in [1.82, 2.24) is 0 Å². The van der Waals surface area contributed by atoms with Crippen LogP contribution >= 0.6 is 0 Å². The molecule has 0 radical (unpaired) electrons. The highest BCUT2D eigenvalue weighted by Crippen LogP contribution is 2.26. The minimum atomic E-state index is -3.70. The molecule has 1 aromatic carbocycles. The highest BCUT2D eigenvalue weighted by Gasteiger charge is 2.20. The van der Waals surface area contributed by atoms with Crippen LogP contribution in [-0.4, -0.2) is 26.2 Å². The van der Waals surface area contributed by atoms with Crippen LogP contribution in [0.1, 0.15) is 44.6 Å². The molecule has 1 atom stereocenters. The highest BCUT2D eigenvalue weighted by molar-refractivity contribution is 8.01. The first-order chi connectivity index (χ1) is 11.9. The normalized spacial score (nSPS) is 17.7. The van der Waals surface area contributed by atoms with Crippen LogP contribution in [0.15, 0.2) is 44.4 Å². The summed E-state index contributed by atoms with van der Waals surface area (Å²) >= 11 is 0. The monoisotopic (exact) mass is 383 g/mol. The number of esters is 1. The summed E-state index contributed by atoms with van der Waals surface area (Å²) in [5.41, 5.74) is 1.01. The van der Waals surface area contributed by atoms with Gasteiger partial charge in [0.15, 0.2) is 0 Å². The van der Waals surface area contributed by atoms with Gasteiger partial charge in [-0.2, -0.15) is 8.42 Å². The average Bonchev–Trinajstić information content (AvgIpc) is 2.58. The molecule has 0 saturated heterocycles. The number of nitrogens with zero attached hydrogens (tertiary/aromatic N) is 1. The lowest BCUT2D eigenvalue weighted by atomic mass is 10.0. The van der Waals surface area contributed by atoms with Crippen molar-refractivity contribution in [2.75, 3.05) is 6.61 Å². The van der Waals surface area contributed by atoms with E-state index in [-0.39, 0.29) is 22.7 Å². The Bertz CT molecular complexity index is 746. The predicted octanol–water partition coefficient (Wildman–Crippen LogP) is 3.90. The van der Waals surface area contributed by atoms with E-state index < -0.39 is 20.7 Å². The van der Waals surface area contributed by atoms with Gasteiger partial charge in [0.1, 0.15) is 6.61 Å². The Morgan fingerprint density at radius 3 is 2.48 bits per heavy atom. The zero-order valence-electron chi connectivity index (χ0n) is 14.7. The Hall–Kier alpha value is -1.47. The third kappa shape index (κ3) is 6.40. The van der Waals surface area contributed by atoms with E-state index in [0.717, 1.165) is 31.2 Å². The second kappa shape index (κ2) is 9.29. The number of hydrogen-bond donors (Lipinski definition) is 0. The average molecular weight is 384 g/mol. The van der Waals surface area contributed by atoms with Crippen LogP contribution in [-0.2, 0) is 30.2 Å². The third-order valence-electron chi connectivity index (χ3n) is 4.02. The van der Waals surface area contributed by atoms with Gasteiger partial charge in [0, 0.05) is 12.2 Å². The summed E-state index contributed by atoms with van der Waals surface area (Å²) < 4.78 is 34.4. The first-order valence-corrected chi connectivity index (χ1v) is 11.2. The number of rotatable bonds is 6. The molecule has 0 heterocycles. The van der Waals surface area contributed by atoms with E-state index in [0.29, 0.717) is 0 Å². The number of carbonyl (C=O) groups excluding carboxylic acids is 1. The van der Waals surface area contributed by atoms with Crippen LogP contribution < -0.4 is 0 Å². The second-order valence-corrected chi connectivity index (χ2v) is 9.79. The summed E-state index contributed by atoms with van der Waals surface area (Å²) in [5.74, 6) is -0.355. The Labute approximate surface area is 152 Å². The third-order valence-corrected chi connectivity index (χ3v) is 7.98. The molecule has 0 aromatic heterocycles. The maximum Gasteiger partial charge on any atom is 0.302 e. The summed E-state index contributed by atoms with van der Waals surface area (Å²) in [7, 11) is -4.44. The molecule has 0 aliphatic heterocycles. The van der Waals surface area contributed by atoms with Gasteiger partial charge in [-0.15, -0.1) is 3.77 Å². The zero-order chi connectivity index (χ0) is 18.3. The van der Waals surface area contributed by atoms with Gasteiger partial charge in [-0.25, -0.2) is 0 Å². The summed E-state index contributed by atoms with van der Waals surface area (Å²) in [6.45, 7) is 3.41. The van der Waals surface area contributed by atoms with Gasteiger partial charge >= 0.3 is 5.97 Å². The molecule has 1 fully saturated rings. The molecule has 2 rings (SSSR count). The molecule has 1 unspecified atom stereocenters. The summed E-state index contributed by atoms with van der Waals surface area (Å²) in [4.78, 5) is 11.1. The molecular weight excluding hydrogens is 358 g/mol. The molecule has 5 nitrogen and oxygen atoms in total. The summed E-state index contributed by atoms with van der Waals surface area (Å²) in [6.07, 6.45) is 7.06. The van der Waals surface area contributed by atoms with E-state index in [1.807, 2.05) is 6.92 Å². The number of ether oxygens (including phenoxy) is 1. The minimum absolute atomic E-state index is 0.144. The van der Waals surface area contributed by atoms with E-state index in [9.17, 15) is 13.2 Å². The Balaban J connectivity index is 2.27. The zero-order valence-corrected chi connectivity index (χ0v) is 16.3. The number of carbonyl (C=O) groups is 1. The van der Waals surface area contributed by atoms with E-state index in [1.165, 1.54) is 13.3 Å². The lowest BCUT2D eigenvalue weighted by Gasteiger charge is -2.22. The van der Waals surface area contributed by atoms with Crippen molar-refractivity contribution >= 4 is 26.7 Å². The van der Waals surface area contributed by atoms with Crippen LogP contribution in [0.25, 0.3) is 0 Å². The van der Waals surface area contributed by atoms with Crippen molar-refractivity contribution < 1.29 is 17.9 Å². The van der Waals surface area contributed by atoms with Crippen LogP contribution in [0.4, 0.5) is 0 Å². The van der Waals surface area contributed by atoms with Crippen molar-refractivity contribution in [2.45, 2.75) is 56.1 Å². The molecular formula is C18H25NO4S2. The quantitative estimate of drug-likeness (QED) is 0.699. The van der Waals surface area contributed by atoms with Crippen molar-refractivity contribution in [1.29, 1.82) is 0 Å². The minimum Gasteiger partial charge on any atom is -0.462 e. The standard InChI is InChI=1S/C18H25NO4S2/c1-15-9-11-18(12-10-15)25(21,22)19-24(14-6-13-23-16(2)20)17-7-4-3-5-8-17/h6,9-12,14,17H,3-5,7-8,13H2,1-2H3/b14-6+. The van der Waals surface area contributed by atoms with E-state index in [2.05, 4.69) is 3.77 Å². The molecule has 138 valence electrons. The second-order valence-electron chi connectivity index (χ2n) is 6.14. The SMILES string of the molecule is CC(=O)OC/C=C/S(=NS(=O)(=O)c1ccc(C)cc1)C1CCCCC1. The number of sulfonamides is 1. The van der Waals surface area contributed by atoms with Gasteiger partial charge < -0.3 is 4.74 Å². The first-order valence-electron chi connectivity index (χ1n) is 8.45. The molecule has 0 N–H and O–H groups in total. The van der Waals surface area contributed by atoms with E-state index in [4.69, 9.17) is 4.74 Å². The molecule has 0 spiro atoms. The number of benzene rings is 1. The molecule has 1 aliphatic carbocycles. The number of aryl methyl sites for hydroxylation is 1. The Morgan fingerprint density at radius 2 is 1.88 bits per heavy atom. The fourth-order valence-corrected chi connectivity index (χ4v) is 6.40. The fourth-order valence-electron chi connectivity index (χ4n) is 2.67. The van der Waals surface area contributed by atoms with Crippen LogP contribution in [0.5, 0.6) is 0 Å². The van der Waals surface area contributed by atoms with Gasteiger partial charge in [-0.1, -0.05) is 47.6 Å². The van der Waals surface area contributed by atoms with E-state index >= 15 is 0 Å². The van der Waals surface area contributed by atoms with Crippen molar-refractivity contribution in [3.63, 3.8) is 0 Å². The molecule has 7 heteroatoms. The molecule has 25 heavy (non-hydrogen) atoms. The Kier molecular flexibility index (Phi) is 7.38. The van der Waals surface area contributed by atoms with Gasteiger partial charge in [-0.3, -0.25) is 4.79 Å². The van der Waals surface area contributed by atoms with Crippen molar-refractivity contribution in [3.8, 4) is 0 Å². The predicted molar refractivity (Wildman–Crippen MR) is 101 cm³/mol. The number of hydrogen-bond acceptors (Lipinski definition) is 4. The molecule has 1 aromatic rings. The molecule has 0 amide bonds. The van der Waals surface area contributed by atoms with Gasteiger partial charge in [0.25, 0.3) is 10.0 Å². The van der Waals surface area contributed by atoms with Gasteiger partial charge in [0.2, 0.25) is 0 Å². The topological polar surface area (TPSA) is 72.8 Å². The maximum absolute atomic E-state index is 12.7. The van der Waals surface area contributed by atoms with Gasteiger partial charge in [-0.05, 0) is 43.4 Å². The fraction of sp³-hybridized carbons (Fsp3) is 0.500.